The van der Waals surface area contributed by atoms with E-state index in [1.165, 1.54) is 29.5 Å². The molecule has 1 saturated heterocycles. The van der Waals surface area contributed by atoms with Crippen LogP contribution in [0.3, 0.4) is 0 Å². The molecule has 0 saturated carbocycles. The average Bonchev–Trinajstić information content (AvgIpc) is 3.30. The zero-order valence-corrected chi connectivity index (χ0v) is 14.8. The Bertz CT molecular complexity index is 947. The van der Waals surface area contributed by atoms with E-state index in [0.717, 1.165) is 23.4 Å². The number of amides is 1. The van der Waals surface area contributed by atoms with Crippen LogP contribution in [0.1, 0.15) is 30.1 Å². The van der Waals surface area contributed by atoms with Gasteiger partial charge in [-0.2, -0.15) is 0 Å². The summed E-state index contributed by atoms with van der Waals surface area (Å²) >= 11 is 7.64. The summed E-state index contributed by atoms with van der Waals surface area (Å²) in [5.41, 5.74) is 1.66. The van der Waals surface area contributed by atoms with Crippen molar-refractivity contribution in [1.82, 2.24) is 14.3 Å². The van der Waals surface area contributed by atoms with Gasteiger partial charge in [-0.1, -0.05) is 23.7 Å². The number of halogens is 2. The topological polar surface area (TPSA) is 37.6 Å². The molecule has 1 amide bonds. The third-order valence-corrected chi connectivity index (χ3v) is 5.46. The lowest BCUT2D eigenvalue weighted by molar-refractivity contribution is -0.126. The van der Waals surface area contributed by atoms with E-state index in [2.05, 4.69) is 4.98 Å². The largest absolute Gasteiger partial charge is 0.332 e. The molecule has 7 heteroatoms. The third-order valence-electron chi connectivity index (χ3n) is 4.43. The smallest absolute Gasteiger partial charge is 0.247 e. The highest BCUT2D eigenvalue weighted by atomic mass is 35.5. The third kappa shape index (κ3) is 3.07. The Morgan fingerprint density at radius 2 is 2.16 bits per heavy atom. The highest BCUT2D eigenvalue weighted by molar-refractivity contribution is 7.15. The molecule has 25 heavy (non-hydrogen) atoms. The number of benzene rings is 1. The lowest BCUT2D eigenvalue weighted by Crippen LogP contribution is -2.28. The van der Waals surface area contributed by atoms with E-state index in [1.807, 2.05) is 20.9 Å². The van der Waals surface area contributed by atoms with Crippen LogP contribution in [0.25, 0.3) is 11.0 Å². The second kappa shape index (κ2) is 6.61. The number of aromatic nitrogens is 2. The van der Waals surface area contributed by atoms with E-state index in [1.54, 1.807) is 18.2 Å². The fourth-order valence-electron chi connectivity index (χ4n) is 3.23. The van der Waals surface area contributed by atoms with Crippen LogP contribution in [0.2, 0.25) is 5.15 Å². The van der Waals surface area contributed by atoms with Gasteiger partial charge in [-0.05, 0) is 36.6 Å². The summed E-state index contributed by atoms with van der Waals surface area (Å²) in [7, 11) is 0. The van der Waals surface area contributed by atoms with Gasteiger partial charge in [0.2, 0.25) is 5.91 Å². The first kappa shape index (κ1) is 16.3. The summed E-state index contributed by atoms with van der Waals surface area (Å²) in [6.45, 7) is 0.694. The molecule has 0 bridgehead atoms. The molecule has 4 nitrogen and oxygen atoms in total. The molecule has 128 valence electrons. The molecule has 0 radical (unpaired) electrons. The van der Waals surface area contributed by atoms with Crippen molar-refractivity contribution in [2.24, 2.45) is 0 Å². The van der Waals surface area contributed by atoms with Gasteiger partial charge in [-0.3, -0.25) is 9.20 Å². The SMILES string of the molecule is O=C(/C=C/c1c(Cl)nc2sccn12)N1CCCC1c1ccc(F)cc1. The fraction of sp³-hybridized carbons (Fsp3) is 0.222. The van der Waals surface area contributed by atoms with Crippen LogP contribution in [-0.2, 0) is 4.79 Å². The molecule has 3 heterocycles. The van der Waals surface area contributed by atoms with Gasteiger partial charge in [-0.15, -0.1) is 11.3 Å². The van der Waals surface area contributed by atoms with Crippen molar-refractivity contribution < 1.29 is 9.18 Å². The summed E-state index contributed by atoms with van der Waals surface area (Å²) in [4.78, 5) is 19.5. The Hall–Kier alpha value is -2.18. The van der Waals surface area contributed by atoms with E-state index in [-0.39, 0.29) is 17.8 Å². The van der Waals surface area contributed by atoms with Gasteiger partial charge in [0.25, 0.3) is 0 Å². The van der Waals surface area contributed by atoms with Crippen molar-refractivity contribution in [1.29, 1.82) is 0 Å². The Kier molecular flexibility index (Phi) is 4.31. The van der Waals surface area contributed by atoms with Crippen LogP contribution in [0.4, 0.5) is 4.39 Å². The molecular weight excluding hydrogens is 361 g/mol. The number of thiazole rings is 1. The van der Waals surface area contributed by atoms with Crippen molar-refractivity contribution in [3.63, 3.8) is 0 Å². The van der Waals surface area contributed by atoms with Gasteiger partial charge < -0.3 is 4.90 Å². The summed E-state index contributed by atoms with van der Waals surface area (Å²) < 4.78 is 15.0. The van der Waals surface area contributed by atoms with Gasteiger partial charge in [0.05, 0.1) is 11.7 Å². The highest BCUT2D eigenvalue weighted by Gasteiger charge is 2.28. The average molecular weight is 376 g/mol. The molecule has 1 atom stereocenters. The standard InChI is InChI=1S/C18H15ClFN3OS/c19-17-15(23-10-11-25-18(23)21-17)7-8-16(24)22-9-1-2-14(22)12-3-5-13(20)6-4-12/h3-8,10-11,14H,1-2,9H2/b8-7+. The minimum atomic E-state index is -0.269. The van der Waals surface area contributed by atoms with Crippen LogP contribution >= 0.6 is 22.9 Å². The first-order chi connectivity index (χ1) is 12.1. The second-order valence-electron chi connectivity index (χ2n) is 5.92. The predicted molar refractivity (Wildman–Crippen MR) is 97.2 cm³/mol. The molecule has 1 aliphatic heterocycles. The molecule has 1 aromatic carbocycles. The molecule has 0 aliphatic carbocycles. The van der Waals surface area contributed by atoms with Gasteiger partial charge in [0.15, 0.2) is 10.1 Å². The summed E-state index contributed by atoms with van der Waals surface area (Å²) in [5, 5.41) is 2.30. The number of likely N-dealkylation sites (tertiary alicyclic amines) is 1. The Labute approximate surface area is 153 Å². The Morgan fingerprint density at radius 3 is 2.96 bits per heavy atom. The van der Waals surface area contributed by atoms with Crippen LogP contribution in [0.5, 0.6) is 0 Å². The molecule has 1 aliphatic rings. The first-order valence-corrected chi connectivity index (χ1v) is 9.24. The quantitative estimate of drug-likeness (QED) is 0.629. The number of fused-ring (bicyclic) bond motifs is 1. The van der Waals surface area contributed by atoms with Crippen molar-refractivity contribution >= 4 is 39.9 Å². The zero-order chi connectivity index (χ0) is 17.4. The van der Waals surface area contributed by atoms with E-state index >= 15 is 0 Å². The van der Waals surface area contributed by atoms with Gasteiger partial charge in [0.1, 0.15) is 5.82 Å². The predicted octanol–water partition coefficient (Wildman–Crippen LogP) is 4.57. The van der Waals surface area contributed by atoms with Gasteiger partial charge in [0, 0.05) is 24.2 Å². The summed E-state index contributed by atoms with van der Waals surface area (Å²) in [6, 6.07) is 6.35. The Morgan fingerprint density at radius 1 is 1.36 bits per heavy atom. The molecule has 4 rings (SSSR count). The highest BCUT2D eigenvalue weighted by Crippen LogP contribution is 2.32. The maximum Gasteiger partial charge on any atom is 0.247 e. The monoisotopic (exact) mass is 375 g/mol. The van der Waals surface area contributed by atoms with Crippen LogP contribution in [-0.4, -0.2) is 26.7 Å². The minimum absolute atomic E-state index is 0.0140. The molecule has 1 unspecified atom stereocenters. The lowest BCUT2D eigenvalue weighted by Gasteiger charge is -2.23. The minimum Gasteiger partial charge on any atom is -0.332 e. The zero-order valence-electron chi connectivity index (χ0n) is 13.2. The Balaban J connectivity index is 1.56. The molecule has 1 fully saturated rings. The van der Waals surface area contributed by atoms with E-state index in [0.29, 0.717) is 17.4 Å². The van der Waals surface area contributed by atoms with Crippen LogP contribution in [0, 0.1) is 5.82 Å². The normalized spacial score (nSPS) is 17.8. The van der Waals surface area contributed by atoms with Gasteiger partial charge >= 0.3 is 0 Å². The maximum absolute atomic E-state index is 13.1. The van der Waals surface area contributed by atoms with Crippen molar-refractivity contribution in [2.45, 2.75) is 18.9 Å². The first-order valence-electron chi connectivity index (χ1n) is 7.98. The molecular formula is C18H15ClFN3OS. The summed E-state index contributed by atoms with van der Waals surface area (Å²) in [6.07, 6.45) is 6.93. The van der Waals surface area contributed by atoms with Crippen molar-refractivity contribution in [3.05, 3.63) is 64.1 Å². The molecule has 0 N–H and O–H groups in total. The second-order valence-corrected chi connectivity index (χ2v) is 7.15. The van der Waals surface area contributed by atoms with E-state index in [9.17, 15) is 9.18 Å². The number of hydrogen-bond donors (Lipinski definition) is 0. The fourth-order valence-corrected chi connectivity index (χ4v) is 4.24. The van der Waals surface area contributed by atoms with E-state index in [4.69, 9.17) is 11.6 Å². The van der Waals surface area contributed by atoms with Crippen LogP contribution < -0.4 is 0 Å². The van der Waals surface area contributed by atoms with Crippen molar-refractivity contribution in [2.75, 3.05) is 6.54 Å². The lowest BCUT2D eigenvalue weighted by atomic mass is 10.0. The number of carbonyl (C=O) groups is 1. The maximum atomic E-state index is 13.1. The number of hydrogen-bond acceptors (Lipinski definition) is 3. The van der Waals surface area contributed by atoms with Gasteiger partial charge in [-0.25, -0.2) is 9.37 Å². The number of imidazole rings is 1. The van der Waals surface area contributed by atoms with Crippen molar-refractivity contribution in [3.8, 4) is 0 Å². The number of carbonyl (C=O) groups excluding carboxylic acids is 1. The number of nitrogens with zero attached hydrogens (tertiary/aromatic N) is 3. The van der Waals surface area contributed by atoms with Crippen LogP contribution in [0.15, 0.2) is 41.9 Å². The summed E-state index contributed by atoms with van der Waals surface area (Å²) in [5.74, 6) is -0.345. The number of rotatable bonds is 3. The molecule has 0 spiro atoms. The van der Waals surface area contributed by atoms with E-state index < -0.39 is 0 Å². The molecule has 3 aromatic rings. The molecule has 2 aromatic heterocycles.